The molecule has 0 N–H and O–H groups in total. The van der Waals surface area contributed by atoms with Crippen molar-refractivity contribution in [1.29, 1.82) is 0 Å². The van der Waals surface area contributed by atoms with Gasteiger partial charge in [-0.3, -0.25) is 0 Å². The van der Waals surface area contributed by atoms with E-state index in [4.69, 9.17) is 14.2 Å². The third-order valence-corrected chi connectivity index (χ3v) is 3.87. The summed E-state index contributed by atoms with van der Waals surface area (Å²) < 4.78 is 16.0. The third kappa shape index (κ3) is 1.12. The van der Waals surface area contributed by atoms with Crippen LogP contribution < -0.4 is 0 Å². The maximum Gasteiger partial charge on any atom is 0.336 e. The lowest BCUT2D eigenvalue weighted by molar-refractivity contribution is -0.216. The Kier molecular flexibility index (Phi) is 1.91. The van der Waals surface area contributed by atoms with Gasteiger partial charge in [-0.05, 0) is 18.8 Å². The van der Waals surface area contributed by atoms with Crippen LogP contribution in [0.4, 0.5) is 0 Å². The van der Waals surface area contributed by atoms with Gasteiger partial charge < -0.3 is 14.2 Å². The van der Waals surface area contributed by atoms with Crippen LogP contribution in [0.2, 0.25) is 0 Å². The SMILES string of the molecule is C=C1C(=O)O[C@@H]2O[C@@H](OC)[C@@H]3CC[C@H]1[C@H]23. The van der Waals surface area contributed by atoms with Gasteiger partial charge in [-0.1, -0.05) is 6.58 Å². The molecule has 2 saturated heterocycles. The molecule has 1 aliphatic carbocycles. The van der Waals surface area contributed by atoms with E-state index < -0.39 is 6.29 Å². The largest absolute Gasteiger partial charge is 0.432 e. The molecule has 0 radical (unpaired) electrons. The first-order valence-corrected chi connectivity index (χ1v) is 5.30. The fraction of sp³-hybridized carbons (Fsp3) is 0.727. The molecular weight excluding hydrogens is 196 g/mol. The quantitative estimate of drug-likeness (QED) is 0.479. The van der Waals surface area contributed by atoms with E-state index in [1.165, 1.54) is 0 Å². The van der Waals surface area contributed by atoms with Crippen molar-refractivity contribution >= 4 is 5.97 Å². The normalized spacial score (nSPS) is 47.9. The molecule has 3 rings (SSSR count). The van der Waals surface area contributed by atoms with Crippen LogP contribution in [0.15, 0.2) is 12.2 Å². The van der Waals surface area contributed by atoms with Gasteiger partial charge in [0.25, 0.3) is 0 Å². The van der Waals surface area contributed by atoms with Gasteiger partial charge in [-0.15, -0.1) is 0 Å². The minimum absolute atomic E-state index is 0.219. The molecule has 82 valence electrons. The van der Waals surface area contributed by atoms with Crippen molar-refractivity contribution < 1.29 is 19.0 Å². The Morgan fingerprint density at radius 3 is 3.00 bits per heavy atom. The minimum atomic E-state index is -0.412. The molecule has 0 bridgehead atoms. The number of methoxy groups -OCH3 is 1. The van der Waals surface area contributed by atoms with Gasteiger partial charge in [0.1, 0.15) is 0 Å². The molecule has 0 unspecified atom stereocenters. The van der Waals surface area contributed by atoms with Crippen molar-refractivity contribution in [1.82, 2.24) is 0 Å². The molecule has 0 aromatic heterocycles. The van der Waals surface area contributed by atoms with Crippen LogP contribution in [0.5, 0.6) is 0 Å². The molecule has 0 aromatic rings. The number of ether oxygens (including phenoxy) is 3. The van der Waals surface area contributed by atoms with Crippen LogP contribution in [0.25, 0.3) is 0 Å². The molecule has 1 saturated carbocycles. The van der Waals surface area contributed by atoms with E-state index in [0.29, 0.717) is 11.5 Å². The number of carbonyl (C=O) groups is 1. The molecular formula is C11H14O4. The van der Waals surface area contributed by atoms with Crippen molar-refractivity contribution in [3.8, 4) is 0 Å². The van der Waals surface area contributed by atoms with Gasteiger partial charge in [0, 0.05) is 24.5 Å². The van der Waals surface area contributed by atoms with Crippen molar-refractivity contribution in [3.63, 3.8) is 0 Å². The Labute approximate surface area is 88.2 Å². The monoisotopic (exact) mass is 210 g/mol. The van der Waals surface area contributed by atoms with Gasteiger partial charge in [-0.2, -0.15) is 0 Å². The number of hydrogen-bond acceptors (Lipinski definition) is 4. The van der Waals surface area contributed by atoms with Gasteiger partial charge in [0.15, 0.2) is 6.29 Å². The first-order valence-electron chi connectivity index (χ1n) is 5.30. The average Bonchev–Trinajstić information content (AvgIpc) is 2.77. The minimum Gasteiger partial charge on any atom is -0.432 e. The Balaban J connectivity index is 1.93. The molecule has 0 aromatic carbocycles. The highest BCUT2D eigenvalue weighted by molar-refractivity contribution is 5.89. The number of esters is 1. The smallest absolute Gasteiger partial charge is 0.336 e. The lowest BCUT2D eigenvalue weighted by Gasteiger charge is -2.30. The standard InChI is InChI=1S/C11H14O4/c1-5-6-3-4-7-8(6)11(14-9(5)12)15-10(7)13-2/h6-8,10-11H,1,3-4H2,2H3/t6-,7-,8+,10-,11-/m1/s1. The maximum atomic E-state index is 11.5. The summed E-state index contributed by atoms with van der Waals surface area (Å²) in [6.07, 6.45) is 1.40. The first-order chi connectivity index (χ1) is 7.22. The number of hydrogen-bond donors (Lipinski definition) is 0. The van der Waals surface area contributed by atoms with E-state index in [0.717, 1.165) is 12.8 Å². The zero-order chi connectivity index (χ0) is 10.6. The van der Waals surface area contributed by atoms with Crippen LogP contribution in [-0.4, -0.2) is 25.7 Å². The lowest BCUT2D eigenvalue weighted by Crippen LogP contribution is -2.37. The zero-order valence-electron chi connectivity index (χ0n) is 8.64. The second-order valence-corrected chi connectivity index (χ2v) is 4.46. The predicted molar refractivity (Wildman–Crippen MR) is 50.6 cm³/mol. The van der Waals surface area contributed by atoms with Gasteiger partial charge >= 0.3 is 5.97 Å². The van der Waals surface area contributed by atoms with E-state index in [2.05, 4.69) is 6.58 Å². The second-order valence-electron chi connectivity index (χ2n) is 4.46. The van der Waals surface area contributed by atoms with E-state index >= 15 is 0 Å². The fourth-order valence-electron chi connectivity index (χ4n) is 3.16. The summed E-state index contributed by atoms with van der Waals surface area (Å²) in [7, 11) is 1.63. The maximum absolute atomic E-state index is 11.5. The van der Waals surface area contributed by atoms with Gasteiger partial charge in [-0.25, -0.2) is 4.79 Å². The summed E-state index contributed by atoms with van der Waals surface area (Å²) in [5.74, 6) is 0.551. The Morgan fingerprint density at radius 1 is 1.47 bits per heavy atom. The molecule has 4 nitrogen and oxygen atoms in total. The highest BCUT2D eigenvalue weighted by Gasteiger charge is 2.57. The molecule has 0 spiro atoms. The Bertz CT molecular complexity index is 325. The second kappa shape index (κ2) is 3.06. The molecule has 5 atom stereocenters. The molecule has 3 fully saturated rings. The first kappa shape index (κ1) is 9.36. The van der Waals surface area contributed by atoms with Crippen molar-refractivity contribution in [2.24, 2.45) is 17.8 Å². The Morgan fingerprint density at radius 2 is 2.27 bits per heavy atom. The van der Waals surface area contributed by atoms with Crippen LogP contribution in [0.1, 0.15) is 12.8 Å². The van der Waals surface area contributed by atoms with Crippen LogP contribution >= 0.6 is 0 Å². The van der Waals surface area contributed by atoms with Gasteiger partial charge in [0.2, 0.25) is 6.29 Å². The predicted octanol–water partition coefficient (Wildman–Crippen LogP) is 1.07. The number of carbonyl (C=O) groups excluding carboxylic acids is 1. The highest BCUT2D eigenvalue weighted by Crippen LogP contribution is 2.53. The molecule has 2 aliphatic heterocycles. The lowest BCUT2D eigenvalue weighted by atomic mass is 9.84. The van der Waals surface area contributed by atoms with Crippen molar-refractivity contribution in [2.75, 3.05) is 7.11 Å². The van der Waals surface area contributed by atoms with E-state index in [1.54, 1.807) is 7.11 Å². The summed E-state index contributed by atoms with van der Waals surface area (Å²) >= 11 is 0. The third-order valence-electron chi connectivity index (χ3n) is 3.87. The topological polar surface area (TPSA) is 44.8 Å². The molecule has 15 heavy (non-hydrogen) atoms. The summed E-state index contributed by atoms with van der Waals surface area (Å²) in [6.45, 7) is 3.81. The van der Waals surface area contributed by atoms with Gasteiger partial charge in [0.05, 0.1) is 0 Å². The summed E-state index contributed by atoms with van der Waals surface area (Å²) in [4.78, 5) is 11.5. The summed E-state index contributed by atoms with van der Waals surface area (Å²) in [5.41, 5.74) is 0.610. The zero-order valence-corrected chi connectivity index (χ0v) is 8.64. The van der Waals surface area contributed by atoms with Crippen molar-refractivity contribution in [2.45, 2.75) is 25.4 Å². The van der Waals surface area contributed by atoms with Crippen molar-refractivity contribution in [3.05, 3.63) is 12.2 Å². The highest BCUT2D eigenvalue weighted by atomic mass is 16.8. The van der Waals surface area contributed by atoms with Crippen LogP contribution in [0.3, 0.4) is 0 Å². The van der Waals surface area contributed by atoms with E-state index in [-0.39, 0.29) is 24.1 Å². The average molecular weight is 210 g/mol. The molecule has 3 aliphatic rings. The van der Waals surface area contributed by atoms with E-state index in [1.807, 2.05) is 0 Å². The molecule has 4 heteroatoms. The summed E-state index contributed by atoms with van der Waals surface area (Å²) in [5, 5.41) is 0. The molecule has 0 amide bonds. The molecule has 2 heterocycles. The Hall–Kier alpha value is -0.870. The number of rotatable bonds is 1. The van der Waals surface area contributed by atoms with Crippen LogP contribution in [0, 0.1) is 17.8 Å². The fourth-order valence-corrected chi connectivity index (χ4v) is 3.16. The summed E-state index contributed by atoms with van der Waals surface area (Å²) in [6, 6.07) is 0. The van der Waals surface area contributed by atoms with Crippen LogP contribution in [-0.2, 0) is 19.0 Å². The van der Waals surface area contributed by atoms with E-state index in [9.17, 15) is 4.79 Å².